The predicted molar refractivity (Wildman–Crippen MR) is 114 cm³/mol. The van der Waals surface area contributed by atoms with Crippen molar-refractivity contribution in [3.8, 4) is 16.9 Å². The predicted octanol–water partition coefficient (Wildman–Crippen LogP) is 3.38. The number of rotatable bonds is 3. The molecule has 6 nitrogen and oxygen atoms in total. The van der Waals surface area contributed by atoms with E-state index in [0.29, 0.717) is 11.3 Å². The molecular weight excluding hydrogens is 370 g/mol. The van der Waals surface area contributed by atoms with E-state index in [0.717, 1.165) is 27.5 Å². The second-order valence-electron chi connectivity index (χ2n) is 6.28. The summed E-state index contributed by atoms with van der Waals surface area (Å²) in [6, 6.07) is 19.6. The number of hydrazone groups is 1. The van der Waals surface area contributed by atoms with Crippen molar-refractivity contribution in [3.63, 3.8) is 0 Å². The Hall–Kier alpha value is -3.58. The van der Waals surface area contributed by atoms with E-state index < -0.39 is 0 Å². The Morgan fingerprint density at radius 2 is 1.71 bits per heavy atom. The summed E-state index contributed by atoms with van der Waals surface area (Å²) in [5.41, 5.74) is 10.0. The van der Waals surface area contributed by atoms with Gasteiger partial charge in [-0.2, -0.15) is 15.2 Å². The molecule has 3 aromatic rings. The molecule has 2 heterocycles. The number of benzene rings is 2. The van der Waals surface area contributed by atoms with Crippen LogP contribution in [0.3, 0.4) is 0 Å². The summed E-state index contributed by atoms with van der Waals surface area (Å²) in [6.07, 6.45) is 3.68. The summed E-state index contributed by atoms with van der Waals surface area (Å²) >= 11 is 4.91. The Balaban J connectivity index is 1.85. The Kier molecular flexibility index (Phi) is 4.58. The summed E-state index contributed by atoms with van der Waals surface area (Å²) in [4.78, 5) is 12.6. The molecule has 1 aliphatic rings. The third-order valence-corrected chi connectivity index (χ3v) is 4.55. The number of amides is 1. The Morgan fingerprint density at radius 1 is 1.07 bits per heavy atom. The zero-order chi connectivity index (χ0) is 19.7. The first kappa shape index (κ1) is 17.8. The molecule has 0 aliphatic carbocycles. The molecule has 0 saturated carbocycles. The maximum absolute atomic E-state index is 12.6. The number of para-hydroxylation sites is 1. The average molecular weight is 387 g/mol. The third-order valence-electron chi connectivity index (χ3n) is 4.38. The van der Waals surface area contributed by atoms with Crippen molar-refractivity contribution in [1.82, 2.24) is 14.8 Å². The Labute approximate surface area is 167 Å². The first-order valence-corrected chi connectivity index (χ1v) is 9.07. The lowest BCUT2D eigenvalue weighted by Crippen LogP contribution is -2.33. The molecule has 0 saturated heterocycles. The molecule has 0 atom stereocenters. The standard InChI is InChI=1S/C21H17N5OS/c1-14-18(20(27)26(23-14)21(22)28)12-16-13-25(17-10-6-3-7-11-17)24-19(16)15-8-4-2-5-9-15/h2-13H,1H3,(H2,22,28). The van der Waals surface area contributed by atoms with E-state index in [1.54, 1.807) is 17.7 Å². The molecule has 0 bridgehead atoms. The van der Waals surface area contributed by atoms with Crippen LogP contribution in [0.2, 0.25) is 0 Å². The second-order valence-corrected chi connectivity index (χ2v) is 6.70. The fourth-order valence-corrected chi connectivity index (χ4v) is 3.14. The lowest BCUT2D eigenvalue weighted by atomic mass is 10.0. The van der Waals surface area contributed by atoms with Gasteiger partial charge in [0.2, 0.25) is 0 Å². The van der Waals surface area contributed by atoms with Gasteiger partial charge in [0.1, 0.15) is 0 Å². The van der Waals surface area contributed by atoms with Crippen molar-refractivity contribution in [2.24, 2.45) is 10.8 Å². The molecule has 0 radical (unpaired) electrons. The van der Waals surface area contributed by atoms with E-state index in [1.807, 2.05) is 66.9 Å². The van der Waals surface area contributed by atoms with Crippen molar-refractivity contribution in [2.75, 3.05) is 0 Å². The van der Waals surface area contributed by atoms with Gasteiger partial charge in [-0.15, -0.1) is 0 Å². The lowest BCUT2D eigenvalue weighted by molar-refractivity contribution is -0.122. The van der Waals surface area contributed by atoms with Gasteiger partial charge in [-0.05, 0) is 37.4 Å². The molecule has 7 heteroatoms. The number of hydrogen-bond acceptors (Lipinski definition) is 4. The monoisotopic (exact) mass is 387 g/mol. The average Bonchev–Trinajstić information content (AvgIpc) is 3.26. The van der Waals surface area contributed by atoms with Gasteiger partial charge < -0.3 is 5.73 Å². The highest BCUT2D eigenvalue weighted by Gasteiger charge is 2.29. The van der Waals surface area contributed by atoms with E-state index >= 15 is 0 Å². The van der Waals surface area contributed by atoms with Gasteiger partial charge in [-0.25, -0.2) is 4.68 Å². The SMILES string of the molecule is CC1=NN(C(N)=S)C(=O)C1=Cc1cn(-c2ccccc2)nc1-c1ccccc1. The Bertz CT molecular complexity index is 1120. The van der Waals surface area contributed by atoms with Crippen molar-refractivity contribution in [1.29, 1.82) is 0 Å². The smallest absolute Gasteiger partial charge is 0.282 e. The first-order chi connectivity index (χ1) is 13.5. The van der Waals surface area contributed by atoms with Crippen LogP contribution in [0.1, 0.15) is 12.5 Å². The zero-order valence-electron chi connectivity index (χ0n) is 15.1. The topological polar surface area (TPSA) is 76.5 Å². The summed E-state index contributed by atoms with van der Waals surface area (Å²) in [5.74, 6) is -0.337. The van der Waals surface area contributed by atoms with Gasteiger partial charge in [-0.1, -0.05) is 48.5 Å². The summed E-state index contributed by atoms with van der Waals surface area (Å²) in [6.45, 7) is 1.76. The normalized spacial score (nSPS) is 15.2. The number of hydrogen-bond donors (Lipinski definition) is 1. The molecule has 2 N–H and O–H groups in total. The molecule has 0 unspecified atom stereocenters. The summed E-state index contributed by atoms with van der Waals surface area (Å²) < 4.78 is 1.80. The first-order valence-electron chi connectivity index (χ1n) is 8.66. The van der Waals surface area contributed by atoms with E-state index in [9.17, 15) is 4.79 Å². The molecule has 0 spiro atoms. The molecule has 138 valence electrons. The van der Waals surface area contributed by atoms with Crippen LogP contribution in [0.5, 0.6) is 0 Å². The zero-order valence-corrected chi connectivity index (χ0v) is 15.9. The van der Waals surface area contributed by atoms with Crippen LogP contribution in [0, 0.1) is 0 Å². The lowest BCUT2D eigenvalue weighted by Gasteiger charge is -2.07. The number of carbonyl (C=O) groups excluding carboxylic acids is 1. The number of nitrogens with two attached hydrogens (primary N) is 1. The minimum Gasteiger partial charge on any atom is -0.374 e. The van der Waals surface area contributed by atoms with Gasteiger partial charge in [0.15, 0.2) is 5.11 Å². The molecular formula is C21H17N5OS. The maximum Gasteiger partial charge on any atom is 0.282 e. The molecule has 1 aliphatic heterocycles. The fourth-order valence-electron chi connectivity index (χ4n) is 3.02. The van der Waals surface area contributed by atoms with Crippen LogP contribution in [-0.4, -0.2) is 31.5 Å². The molecule has 1 aromatic heterocycles. The van der Waals surface area contributed by atoms with Crippen LogP contribution >= 0.6 is 12.2 Å². The number of carbonyl (C=O) groups is 1. The van der Waals surface area contributed by atoms with Gasteiger partial charge in [0, 0.05) is 17.3 Å². The van der Waals surface area contributed by atoms with E-state index in [1.165, 1.54) is 0 Å². The Morgan fingerprint density at radius 3 is 2.32 bits per heavy atom. The van der Waals surface area contributed by atoms with Gasteiger partial charge in [0.05, 0.1) is 22.7 Å². The van der Waals surface area contributed by atoms with E-state index in [-0.39, 0.29) is 11.0 Å². The van der Waals surface area contributed by atoms with Crippen molar-refractivity contribution >= 4 is 35.0 Å². The second kappa shape index (κ2) is 7.21. The highest BCUT2D eigenvalue weighted by Crippen LogP contribution is 2.27. The number of nitrogens with zero attached hydrogens (tertiary/aromatic N) is 4. The highest BCUT2D eigenvalue weighted by molar-refractivity contribution is 7.80. The minimum atomic E-state index is -0.337. The highest BCUT2D eigenvalue weighted by atomic mass is 32.1. The fraction of sp³-hybridized carbons (Fsp3) is 0.0476. The van der Waals surface area contributed by atoms with Gasteiger partial charge in [0.25, 0.3) is 5.91 Å². The van der Waals surface area contributed by atoms with Crippen molar-refractivity contribution in [3.05, 3.63) is 78.0 Å². The van der Waals surface area contributed by atoms with E-state index in [2.05, 4.69) is 5.10 Å². The van der Waals surface area contributed by atoms with Crippen LogP contribution in [0.4, 0.5) is 0 Å². The van der Waals surface area contributed by atoms with Crippen molar-refractivity contribution < 1.29 is 4.79 Å². The van der Waals surface area contributed by atoms with Crippen LogP contribution in [0.25, 0.3) is 23.0 Å². The molecule has 0 fully saturated rings. The summed E-state index contributed by atoms with van der Waals surface area (Å²) in [7, 11) is 0. The maximum atomic E-state index is 12.6. The molecule has 28 heavy (non-hydrogen) atoms. The van der Waals surface area contributed by atoms with Gasteiger partial charge >= 0.3 is 0 Å². The van der Waals surface area contributed by atoms with E-state index in [4.69, 9.17) is 23.1 Å². The molecule has 1 amide bonds. The summed E-state index contributed by atoms with van der Waals surface area (Å²) in [5, 5.41) is 9.88. The number of thiocarbonyl (C=S) groups is 1. The largest absolute Gasteiger partial charge is 0.374 e. The van der Waals surface area contributed by atoms with Crippen LogP contribution in [0.15, 0.2) is 77.5 Å². The van der Waals surface area contributed by atoms with Crippen molar-refractivity contribution in [2.45, 2.75) is 6.92 Å². The van der Waals surface area contributed by atoms with Gasteiger partial charge in [-0.3, -0.25) is 4.79 Å². The molecule has 4 rings (SSSR count). The third kappa shape index (κ3) is 3.23. The van der Waals surface area contributed by atoms with Crippen LogP contribution in [-0.2, 0) is 4.79 Å². The molecule has 2 aromatic carbocycles. The number of aromatic nitrogens is 2. The quantitative estimate of drug-likeness (QED) is 0.552. The minimum absolute atomic E-state index is 0.0731. The van der Waals surface area contributed by atoms with Crippen LogP contribution < -0.4 is 5.73 Å².